The van der Waals surface area contributed by atoms with Gasteiger partial charge in [-0.25, -0.2) is 4.98 Å². The Bertz CT molecular complexity index is 403. The van der Waals surface area contributed by atoms with Gasteiger partial charge in [-0.1, -0.05) is 6.92 Å². The molecule has 1 aromatic heterocycles. The molecule has 1 fully saturated rings. The van der Waals surface area contributed by atoms with E-state index in [1.54, 1.807) is 18.4 Å². The molecular weight excluding hydrogens is 258 g/mol. The van der Waals surface area contributed by atoms with Crippen molar-refractivity contribution in [2.45, 2.75) is 45.9 Å². The van der Waals surface area contributed by atoms with E-state index < -0.39 is 0 Å². The van der Waals surface area contributed by atoms with Crippen LogP contribution in [0.1, 0.15) is 37.3 Å². The molecule has 1 saturated carbocycles. The molecule has 1 unspecified atom stereocenters. The van der Waals surface area contributed by atoms with Crippen LogP contribution in [0.25, 0.3) is 0 Å². The molecule has 4 nitrogen and oxygen atoms in total. The van der Waals surface area contributed by atoms with Crippen LogP contribution < -0.4 is 10.2 Å². The second-order valence-corrected chi connectivity index (χ2v) is 6.33. The SMILES string of the molecule is CCNCc1sc(N(C)C(C)C2CC2)nc1COC. The van der Waals surface area contributed by atoms with Crippen LogP contribution in [0.5, 0.6) is 0 Å². The van der Waals surface area contributed by atoms with E-state index in [2.05, 4.69) is 31.1 Å². The standard InChI is InChI=1S/C14H25N3OS/c1-5-15-8-13-12(9-18-4)16-14(19-13)17(3)10(2)11-6-7-11/h10-11,15H,5-9H2,1-4H3. The second-order valence-electron chi connectivity index (χ2n) is 5.27. The van der Waals surface area contributed by atoms with E-state index in [-0.39, 0.29) is 0 Å². The summed E-state index contributed by atoms with van der Waals surface area (Å²) in [6.07, 6.45) is 2.73. The van der Waals surface area contributed by atoms with E-state index in [4.69, 9.17) is 9.72 Å². The molecule has 0 bridgehead atoms. The number of nitrogens with zero attached hydrogens (tertiary/aromatic N) is 2. The number of rotatable bonds is 8. The van der Waals surface area contributed by atoms with Gasteiger partial charge in [0.15, 0.2) is 5.13 Å². The van der Waals surface area contributed by atoms with Crippen LogP contribution in [0.15, 0.2) is 0 Å². The van der Waals surface area contributed by atoms with E-state index >= 15 is 0 Å². The first-order valence-electron chi connectivity index (χ1n) is 7.08. The van der Waals surface area contributed by atoms with Gasteiger partial charge in [0.1, 0.15) is 0 Å². The van der Waals surface area contributed by atoms with Crippen LogP contribution in [0.2, 0.25) is 0 Å². The fourth-order valence-corrected chi connectivity index (χ4v) is 3.30. The second kappa shape index (κ2) is 6.68. The molecule has 5 heteroatoms. The number of thiazole rings is 1. The van der Waals surface area contributed by atoms with Gasteiger partial charge in [-0.2, -0.15) is 0 Å². The van der Waals surface area contributed by atoms with E-state index in [0.29, 0.717) is 12.6 Å². The zero-order chi connectivity index (χ0) is 13.8. The topological polar surface area (TPSA) is 37.4 Å². The maximum absolute atomic E-state index is 5.26. The van der Waals surface area contributed by atoms with Crippen LogP contribution >= 0.6 is 11.3 Å². The zero-order valence-electron chi connectivity index (χ0n) is 12.4. The first-order chi connectivity index (χ1) is 9.17. The van der Waals surface area contributed by atoms with E-state index in [9.17, 15) is 0 Å². The van der Waals surface area contributed by atoms with Crippen molar-refractivity contribution in [2.75, 3.05) is 25.6 Å². The highest BCUT2D eigenvalue weighted by molar-refractivity contribution is 7.15. The minimum Gasteiger partial charge on any atom is -0.378 e. The Morgan fingerprint density at radius 1 is 1.53 bits per heavy atom. The van der Waals surface area contributed by atoms with Crippen molar-refractivity contribution >= 4 is 16.5 Å². The minimum absolute atomic E-state index is 0.591. The Kier molecular flexibility index (Phi) is 5.19. The van der Waals surface area contributed by atoms with Gasteiger partial charge >= 0.3 is 0 Å². The fraction of sp³-hybridized carbons (Fsp3) is 0.786. The van der Waals surface area contributed by atoms with Crippen molar-refractivity contribution in [3.8, 4) is 0 Å². The van der Waals surface area contributed by atoms with E-state index in [1.165, 1.54) is 17.7 Å². The highest BCUT2D eigenvalue weighted by Gasteiger charge is 2.31. The lowest BCUT2D eigenvalue weighted by atomic mass is 10.2. The largest absolute Gasteiger partial charge is 0.378 e. The summed E-state index contributed by atoms with van der Waals surface area (Å²) in [7, 11) is 3.89. The van der Waals surface area contributed by atoms with E-state index in [0.717, 1.165) is 29.8 Å². The van der Waals surface area contributed by atoms with Gasteiger partial charge in [0.05, 0.1) is 12.3 Å². The highest BCUT2D eigenvalue weighted by Crippen LogP contribution is 2.37. The Labute approximate surface area is 120 Å². The predicted molar refractivity (Wildman–Crippen MR) is 80.8 cm³/mol. The maximum Gasteiger partial charge on any atom is 0.185 e. The van der Waals surface area contributed by atoms with Crippen LogP contribution in [0.4, 0.5) is 5.13 Å². The summed E-state index contributed by atoms with van der Waals surface area (Å²) in [4.78, 5) is 8.39. The Balaban J connectivity index is 2.10. The summed E-state index contributed by atoms with van der Waals surface area (Å²) in [5, 5.41) is 4.50. The summed E-state index contributed by atoms with van der Waals surface area (Å²) in [6, 6.07) is 0.591. The third-order valence-corrected chi connectivity index (χ3v) is 4.99. The first kappa shape index (κ1) is 14.8. The Hall–Kier alpha value is -0.650. The molecule has 1 heterocycles. The number of hydrogen-bond donors (Lipinski definition) is 1. The van der Waals surface area contributed by atoms with Crippen molar-refractivity contribution in [1.82, 2.24) is 10.3 Å². The summed E-state index contributed by atoms with van der Waals surface area (Å²) in [5.41, 5.74) is 1.08. The van der Waals surface area contributed by atoms with Gasteiger partial charge in [-0.3, -0.25) is 0 Å². The number of ether oxygens (including phenoxy) is 1. The number of aromatic nitrogens is 1. The molecule has 1 atom stereocenters. The molecule has 108 valence electrons. The van der Waals surface area contributed by atoms with Gasteiger partial charge in [0.25, 0.3) is 0 Å². The maximum atomic E-state index is 5.26. The van der Waals surface area contributed by atoms with Crippen LogP contribution in [0, 0.1) is 5.92 Å². The lowest BCUT2D eigenvalue weighted by molar-refractivity contribution is 0.181. The van der Waals surface area contributed by atoms with Crippen molar-refractivity contribution in [3.63, 3.8) is 0 Å². The van der Waals surface area contributed by atoms with Crippen LogP contribution in [0.3, 0.4) is 0 Å². The first-order valence-corrected chi connectivity index (χ1v) is 7.90. The molecule has 2 rings (SSSR count). The van der Waals surface area contributed by atoms with Crippen LogP contribution in [-0.4, -0.2) is 31.7 Å². The van der Waals surface area contributed by atoms with Crippen molar-refractivity contribution in [1.29, 1.82) is 0 Å². The highest BCUT2D eigenvalue weighted by atomic mass is 32.1. The quantitative estimate of drug-likeness (QED) is 0.796. The van der Waals surface area contributed by atoms with Gasteiger partial charge in [0, 0.05) is 31.6 Å². The minimum atomic E-state index is 0.591. The molecule has 0 aromatic carbocycles. The van der Waals surface area contributed by atoms with Gasteiger partial charge in [-0.15, -0.1) is 11.3 Å². The third-order valence-electron chi connectivity index (χ3n) is 3.80. The molecule has 0 amide bonds. The Morgan fingerprint density at radius 2 is 2.26 bits per heavy atom. The molecular formula is C14H25N3OS. The monoisotopic (exact) mass is 283 g/mol. The summed E-state index contributed by atoms with van der Waals surface area (Å²) in [5.74, 6) is 0.858. The lowest BCUT2D eigenvalue weighted by Gasteiger charge is -2.23. The molecule has 1 N–H and O–H groups in total. The third kappa shape index (κ3) is 3.68. The lowest BCUT2D eigenvalue weighted by Crippen LogP contribution is -2.30. The molecule has 1 aromatic rings. The fourth-order valence-electron chi connectivity index (χ4n) is 2.22. The van der Waals surface area contributed by atoms with Crippen molar-refractivity contribution < 1.29 is 4.74 Å². The van der Waals surface area contributed by atoms with Crippen LogP contribution in [-0.2, 0) is 17.9 Å². The number of hydrogen-bond acceptors (Lipinski definition) is 5. The molecule has 0 spiro atoms. The molecule has 19 heavy (non-hydrogen) atoms. The van der Waals surface area contributed by atoms with Crippen molar-refractivity contribution in [3.05, 3.63) is 10.6 Å². The average molecular weight is 283 g/mol. The average Bonchev–Trinajstić information content (AvgIpc) is 3.18. The van der Waals surface area contributed by atoms with Gasteiger partial charge in [-0.05, 0) is 32.2 Å². The number of anilines is 1. The Morgan fingerprint density at radius 3 is 2.84 bits per heavy atom. The molecule has 0 radical (unpaired) electrons. The number of nitrogens with one attached hydrogen (secondary N) is 1. The normalized spacial score (nSPS) is 16.6. The van der Waals surface area contributed by atoms with Gasteiger partial charge in [0.2, 0.25) is 0 Å². The molecule has 0 saturated heterocycles. The molecule has 1 aliphatic rings. The predicted octanol–water partition coefficient (Wildman–Crippen LogP) is 2.63. The summed E-state index contributed by atoms with van der Waals surface area (Å²) >= 11 is 1.79. The van der Waals surface area contributed by atoms with Gasteiger partial charge < -0.3 is 15.0 Å². The smallest absolute Gasteiger partial charge is 0.185 e. The molecule has 0 aliphatic heterocycles. The summed E-state index contributed by atoms with van der Waals surface area (Å²) < 4.78 is 5.26. The van der Waals surface area contributed by atoms with Crippen molar-refractivity contribution in [2.24, 2.45) is 5.92 Å². The zero-order valence-corrected chi connectivity index (χ0v) is 13.2. The van der Waals surface area contributed by atoms with E-state index in [1.807, 2.05) is 0 Å². The molecule has 1 aliphatic carbocycles. The number of methoxy groups -OCH3 is 1. The summed E-state index contributed by atoms with van der Waals surface area (Å²) in [6.45, 7) is 6.90.